The SMILES string of the molecule is Cc1nc2cc(C(F)(F)F)ccc2c(Br)c1Cl. The zero-order valence-electron chi connectivity index (χ0n) is 8.57. The quantitative estimate of drug-likeness (QED) is 0.666. The van der Waals surface area contributed by atoms with Crippen molar-refractivity contribution in [1.29, 1.82) is 0 Å². The maximum absolute atomic E-state index is 12.5. The Morgan fingerprint density at radius 2 is 1.94 bits per heavy atom. The lowest BCUT2D eigenvalue weighted by atomic mass is 10.1. The molecule has 0 fully saturated rings. The fraction of sp³-hybridized carbons (Fsp3) is 0.182. The molecule has 0 amide bonds. The van der Waals surface area contributed by atoms with Gasteiger partial charge in [0.05, 0.1) is 21.8 Å². The molecule has 0 N–H and O–H groups in total. The Balaban J connectivity index is 2.76. The molecular formula is C11H6BrClF3N. The van der Waals surface area contributed by atoms with E-state index in [1.807, 2.05) is 0 Å². The van der Waals surface area contributed by atoms with Crippen LogP contribution in [0, 0.1) is 6.92 Å². The monoisotopic (exact) mass is 323 g/mol. The minimum absolute atomic E-state index is 0.272. The van der Waals surface area contributed by atoms with E-state index in [1.165, 1.54) is 6.07 Å². The third-order valence-corrected chi connectivity index (χ3v) is 3.87. The van der Waals surface area contributed by atoms with Crippen molar-refractivity contribution < 1.29 is 13.2 Å². The van der Waals surface area contributed by atoms with Crippen LogP contribution < -0.4 is 0 Å². The lowest BCUT2D eigenvalue weighted by molar-refractivity contribution is -0.137. The predicted octanol–water partition coefficient (Wildman–Crippen LogP) is 4.98. The standard InChI is InChI=1S/C11H6BrClF3N/c1-5-10(13)9(12)7-3-2-6(11(14,15)16)4-8(7)17-5/h2-4H,1H3. The van der Waals surface area contributed by atoms with Crippen LogP contribution in [0.5, 0.6) is 0 Å². The van der Waals surface area contributed by atoms with Gasteiger partial charge in [0, 0.05) is 9.86 Å². The van der Waals surface area contributed by atoms with E-state index in [0.717, 1.165) is 12.1 Å². The summed E-state index contributed by atoms with van der Waals surface area (Å²) in [6, 6.07) is 3.39. The van der Waals surface area contributed by atoms with Gasteiger partial charge >= 0.3 is 6.18 Å². The lowest BCUT2D eigenvalue weighted by Gasteiger charge is -2.10. The molecule has 1 aromatic carbocycles. The van der Waals surface area contributed by atoms with Crippen molar-refractivity contribution >= 4 is 38.4 Å². The average molecular weight is 325 g/mol. The number of nitrogens with zero attached hydrogens (tertiary/aromatic N) is 1. The van der Waals surface area contributed by atoms with Crippen molar-refractivity contribution in [2.45, 2.75) is 13.1 Å². The number of alkyl halides is 3. The Morgan fingerprint density at radius 1 is 1.29 bits per heavy atom. The van der Waals surface area contributed by atoms with Crippen LogP contribution in [0.3, 0.4) is 0 Å². The minimum atomic E-state index is -4.37. The summed E-state index contributed by atoms with van der Waals surface area (Å²) in [5.74, 6) is 0. The van der Waals surface area contributed by atoms with Gasteiger partial charge in [0.1, 0.15) is 0 Å². The third kappa shape index (κ3) is 2.26. The van der Waals surface area contributed by atoms with E-state index in [4.69, 9.17) is 11.6 Å². The summed E-state index contributed by atoms with van der Waals surface area (Å²) in [5, 5.41) is 0.978. The van der Waals surface area contributed by atoms with Gasteiger partial charge in [0.2, 0.25) is 0 Å². The predicted molar refractivity (Wildman–Crippen MR) is 64.2 cm³/mol. The van der Waals surface area contributed by atoms with E-state index in [0.29, 0.717) is 20.6 Å². The van der Waals surface area contributed by atoms with Crippen molar-refractivity contribution in [2.24, 2.45) is 0 Å². The average Bonchev–Trinajstić information content (AvgIpc) is 2.24. The molecule has 0 spiro atoms. The van der Waals surface area contributed by atoms with Crippen LogP contribution in [0.2, 0.25) is 5.02 Å². The van der Waals surface area contributed by atoms with Gasteiger partial charge in [-0.3, -0.25) is 4.98 Å². The van der Waals surface area contributed by atoms with Gasteiger partial charge in [0.15, 0.2) is 0 Å². The molecular weight excluding hydrogens is 318 g/mol. The zero-order chi connectivity index (χ0) is 12.8. The number of benzene rings is 1. The molecule has 1 nitrogen and oxygen atoms in total. The Hall–Kier alpha value is -0.810. The summed E-state index contributed by atoms with van der Waals surface area (Å²) in [4.78, 5) is 4.05. The van der Waals surface area contributed by atoms with Crippen molar-refractivity contribution in [3.05, 3.63) is 39.0 Å². The van der Waals surface area contributed by atoms with Crippen LogP contribution in [0.15, 0.2) is 22.7 Å². The molecule has 0 saturated carbocycles. The van der Waals surface area contributed by atoms with Gasteiger partial charge in [-0.05, 0) is 35.0 Å². The van der Waals surface area contributed by atoms with Crippen LogP contribution in [-0.2, 0) is 6.18 Å². The largest absolute Gasteiger partial charge is 0.416 e. The number of hydrogen-bond donors (Lipinski definition) is 0. The number of fused-ring (bicyclic) bond motifs is 1. The highest BCUT2D eigenvalue weighted by atomic mass is 79.9. The first-order valence-electron chi connectivity index (χ1n) is 4.63. The smallest absolute Gasteiger partial charge is 0.251 e. The molecule has 0 unspecified atom stereocenters. The number of aromatic nitrogens is 1. The van der Waals surface area contributed by atoms with E-state index in [-0.39, 0.29) is 5.52 Å². The highest BCUT2D eigenvalue weighted by Crippen LogP contribution is 2.36. The molecule has 0 aliphatic heterocycles. The van der Waals surface area contributed by atoms with Crippen LogP contribution in [0.25, 0.3) is 10.9 Å². The number of hydrogen-bond acceptors (Lipinski definition) is 1. The van der Waals surface area contributed by atoms with E-state index in [2.05, 4.69) is 20.9 Å². The topological polar surface area (TPSA) is 12.9 Å². The second-order valence-electron chi connectivity index (χ2n) is 3.55. The molecule has 0 bridgehead atoms. The van der Waals surface area contributed by atoms with Crippen molar-refractivity contribution in [1.82, 2.24) is 4.98 Å². The Kier molecular flexibility index (Phi) is 3.08. The molecule has 1 aromatic heterocycles. The number of halogens is 5. The molecule has 0 aliphatic carbocycles. The van der Waals surface area contributed by atoms with Crippen molar-refractivity contribution in [2.75, 3.05) is 0 Å². The van der Waals surface area contributed by atoms with Gasteiger partial charge in [-0.15, -0.1) is 0 Å². The number of pyridine rings is 1. The Morgan fingerprint density at radius 3 is 2.53 bits per heavy atom. The first-order chi connectivity index (χ1) is 7.80. The zero-order valence-corrected chi connectivity index (χ0v) is 10.9. The molecule has 0 aliphatic rings. The summed E-state index contributed by atoms with van der Waals surface area (Å²) >= 11 is 9.21. The van der Waals surface area contributed by atoms with E-state index < -0.39 is 11.7 Å². The first-order valence-corrected chi connectivity index (χ1v) is 5.80. The van der Waals surface area contributed by atoms with Crippen LogP contribution in [-0.4, -0.2) is 4.98 Å². The number of aryl methyl sites for hydroxylation is 1. The molecule has 0 radical (unpaired) electrons. The van der Waals surface area contributed by atoms with Crippen LogP contribution in [0.4, 0.5) is 13.2 Å². The van der Waals surface area contributed by atoms with Crippen LogP contribution >= 0.6 is 27.5 Å². The fourth-order valence-electron chi connectivity index (χ4n) is 1.49. The summed E-state index contributed by atoms with van der Waals surface area (Å²) in [7, 11) is 0. The maximum atomic E-state index is 12.5. The Labute approximate surface area is 109 Å². The van der Waals surface area contributed by atoms with Crippen molar-refractivity contribution in [3.63, 3.8) is 0 Å². The molecule has 1 heterocycles. The third-order valence-electron chi connectivity index (χ3n) is 2.36. The number of rotatable bonds is 0. The molecule has 6 heteroatoms. The first kappa shape index (κ1) is 12.6. The second-order valence-corrected chi connectivity index (χ2v) is 4.73. The van der Waals surface area contributed by atoms with Gasteiger partial charge in [-0.2, -0.15) is 13.2 Å². The molecule has 17 heavy (non-hydrogen) atoms. The summed E-state index contributed by atoms with van der Waals surface area (Å²) in [5.41, 5.74) is 0.0464. The normalized spacial score (nSPS) is 12.1. The van der Waals surface area contributed by atoms with Gasteiger partial charge in [0.25, 0.3) is 0 Å². The Bertz CT molecular complexity index is 595. The van der Waals surface area contributed by atoms with E-state index in [9.17, 15) is 13.2 Å². The lowest BCUT2D eigenvalue weighted by Crippen LogP contribution is -2.04. The van der Waals surface area contributed by atoms with Gasteiger partial charge in [-0.1, -0.05) is 17.7 Å². The maximum Gasteiger partial charge on any atom is 0.416 e. The molecule has 90 valence electrons. The minimum Gasteiger partial charge on any atom is -0.251 e. The molecule has 2 rings (SSSR count). The fourth-order valence-corrected chi connectivity index (χ4v) is 2.26. The van der Waals surface area contributed by atoms with E-state index in [1.54, 1.807) is 6.92 Å². The van der Waals surface area contributed by atoms with Crippen LogP contribution in [0.1, 0.15) is 11.3 Å². The van der Waals surface area contributed by atoms with Crippen molar-refractivity contribution in [3.8, 4) is 0 Å². The van der Waals surface area contributed by atoms with Gasteiger partial charge in [-0.25, -0.2) is 0 Å². The van der Waals surface area contributed by atoms with E-state index >= 15 is 0 Å². The summed E-state index contributed by atoms with van der Waals surface area (Å²) in [6.07, 6.45) is -4.37. The molecule has 0 atom stereocenters. The van der Waals surface area contributed by atoms with Gasteiger partial charge < -0.3 is 0 Å². The molecule has 0 saturated heterocycles. The molecule has 2 aromatic rings. The highest BCUT2D eigenvalue weighted by Gasteiger charge is 2.30. The highest BCUT2D eigenvalue weighted by molar-refractivity contribution is 9.10. The summed E-state index contributed by atoms with van der Waals surface area (Å²) < 4.78 is 38.2. The summed E-state index contributed by atoms with van der Waals surface area (Å²) in [6.45, 7) is 1.65. The second kappa shape index (κ2) is 4.14.